The lowest BCUT2D eigenvalue weighted by Crippen LogP contribution is -2.01. The van der Waals surface area contributed by atoms with Crippen molar-refractivity contribution in [1.82, 2.24) is 14.7 Å². The summed E-state index contributed by atoms with van der Waals surface area (Å²) < 4.78 is 7.34. The molecule has 0 N–H and O–H groups in total. The second kappa shape index (κ2) is 5.51. The molecule has 2 aromatic heterocycles. The molecule has 3 aromatic rings. The number of hydrogen-bond donors (Lipinski definition) is 0. The highest BCUT2D eigenvalue weighted by atomic mass is 35.5. The molecule has 0 spiro atoms. The molecule has 0 aliphatic heterocycles. The summed E-state index contributed by atoms with van der Waals surface area (Å²) >= 11 is 6.20. The number of halogens is 1. The Morgan fingerprint density at radius 2 is 2.05 bits per heavy atom. The first-order valence-electron chi connectivity index (χ1n) is 6.49. The van der Waals surface area contributed by atoms with E-state index in [1.165, 1.54) is 0 Å². The number of benzene rings is 1. The van der Waals surface area contributed by atoms with Crippen LogP contribution in [0.1, 0.15) is 18.3 Å². The number of hydrogen-bond acceptors (Lipinski definition) is 3. The van der Waals surface area contributed by atoms with Gasteiger partial charge in [-0.2, -0.15) is 4.98 Å². The Morgan fingerprint density at radius 1 is 1.20 bits per heavy atom. The van der Waals surface area contributed by atoms with Gasteiger partial charge in [-0.15, -0.1) is 0 Å². The third-order valence-electron chi connectivity index (χ3n) is 3.13. The molecule has 102 valence electrons. The fraction of sp³-hybridized carbons (Fsp3) is 0.200. The molecule has 3 rings (SSSR count). The van der Waals surface area contributed by atoms with Gasteiger partial charge in [-0.05, 0) is 23.8 Å². The average Bonchev–Trinajstić information content (AvgIpc) is 3.09. The lowest BCUT2D eigenvalue weighted by atomic mass is 10.2. The third kappa shape index (κ3) is 2.47. The van der Waals surface area contributed by atoms with Gasteiger partial charge < -0.3 is 9.09 Å². The highest BCUT2D eigenvalue weighted by Gasteiger charge is 2.12. The quantitative estimate of drug-likeness (QED) is 0.733. The standard InChI is InChI=1S/C15H14ClN3O/c1-2-14-17-15(20-18-14)13-8-5-9-19(13)10-11-6-3-4-7-12(11)16/h3-9H,2,10H2,1H3. The minimum atomic E-state index is 0.541. The molecular formula is C15H14ClN3O. The molecule has 5 heteroatoms. The van der Waals surface area contributed by atoms with E-state index in [-0.39, 0.29) is 0 Å². The number of nitrogens with zero attached hydrogens (tertiary/aromatic N) is 3. The highest BCUT2D eigenvalue weighted by Crippen LogP contribution is 2.22. The molecule has 0 aliphatic rings. The molecule has 0 radical (unpaired) electrons. The van der Waals surface area contributed by atoms with Crippen LogP contribution in [0.25, 0.3) is 11.6 Å². The Bertz CT molecular complexity index is 717. The van der Waals surface area contributed by atoms with Gasteiger partial charge in [0.05, 0.1) is 0 Å². The molecule has 0 atom stereocenters. The molecular weight excluding hydrogens is 274 g/mol. The van der Waals surface area contributed by atoms with Crippen molar-refractivity contribution in [2.45, 2.75) is 19.9 Å². The molecule has 0 saturated heterocycles. The van der Waals surface area contributed by atoms with E-state index in [9.17, 15) is 0 Å². The van der Waals surface area contributed by atoms with Crippen molar-refractivity contribution in [3.63, 3.8) is 0 Å². The van der Waals surface area contributed by atoms with Crippen LogP contribution in [-0.4, -0.2) is 14.7 Å². The normalized spacial score (nSPS) is 10.9. The average molecular weight is 288 g/mol. The van der Waals surface area contributed by atoms with E-state index >= 15 is 0 Å². The Labute approximate surface area is 122 Å². The van der Waals surface area contributed by atoms with E-state index in [1.807, 2.05) is 54.1 Å². The maximum absolute atomic E-state index is 6.20. The maximum Gasteiger partial charge on any atom is 0.274 e. The van der Waals surface area contributed by atoms with E-state index in [0.29, 0.717) is 18.3 Å². The highest BCUT2D eigenvalue weighted by molar-refractivity contribution is 6.31. The van der Waals surface area contributed by atoms with Crippen LogP contribution in [0.4, 0.5) is 0 Å². The molecule has 0 aliphatic carbocycles. The zero-order valence-corrected chi connectivity index (χ0v) is 11.8. The van der Waals surface area contributed by atoms with Crippen molar-refractivity contribution < 1.29 is 4.52 Å². The first kappa shape index (κ1) is 12.9. The molecule has 0 bridgehead atoms. The van der Waals surface area contributed by atoms with Gasteiger partial charge in [0.15, 0.2) is 5.82 Å². The number of aryl methyl sites for hydroxylation is 1. The number of aromatic nitrogens is 3. The van der Waals surface area contributed by atoms with Crippen molar-refractivity contribution in [2.24, 2.45) is 0 Å². The fourth-order valence-electron chi connectivity index (χ4n) is 2.06. The third-order valence-corrected chi connectivity index (χ3v) is 3.50. The zero-order chi connectivity index (χ0) is 13.9. The van der Waals surface area contributed by atoms with Crippen LogP contribution in [0.15, 0.2) is 47.1 Å². The Hall–Kier alpha value is -2.07. The molecule has 20 heavy (non-hydrogen) atoms. The summed E-state index contributed by atoms with van der Waals surface area (Å²) in [6, 6.07) is 11.7. The molecule has 1 aromatic carbocycles. The summed E-state index contributed by atoms with van der Waals surface area (Å²) in [6.07, 6.45) is 2.74. The van der Waals surface area contributed by atoms with Crippen molar-refractivity contribution in [3.8, 4) is 11.6 Å². The molecule has 4 nitrogen and oxygen atoms in total. The lowest BCUT2D eigenvalue weighted by Gasteiger charge is -2.08. The van der Waals surface area contributed by atoms with E-state index in [4.69, 9.17) is 16.1 Å². The van der Waals surface area contributed by atoms with Crippen LogP contribution in [0.5, 0.6) is 0 Å². The van der Waals surface area contributed by atoms with Crippen LogP contribution >= 0.6 is 11.6 Å². The SMILES string of the molecule is CCc1noc(-c2cccn2Cc2ccccc2Cl)n1. The van der Waals surface area contributed by atoms with Crippen molar-refractivity contribution in [1.29, 1.82) is 0 Å². The van der Waals surface area contributed by atoms with Crippen LogP contribution in [-0.2, 0) is 13.0 Å². The monoisotopic (exact) mass is 287 g/mol. The smallest absolute Gasteiger partial charge is 0.274 e. The summed E-state index contributed by atoms with van der Waals surface area (Å²) in [6.45, 7) is 2.67. The zero-order valence-electron chi connectivity index (χ0n) is 11.1. The van der Waals surface area contributed by atoms with E-state index < -0.39 is 0 Å². The van der Waals surface area contributed by atoms with Gasteiger partial charge in [0, 0.05) is 24.2 Å². The van der Waals surface area contributed by atoms with Crippen molar-refractivity contribution >= 4 is 11.6 Å². The minimum Gasteiger partial charge on any atom is -0.339 e. The van der Waals surface area contributed by atoms with Crippen LogP contribution in [0.3, 0.4) is 0 Å². The largest absolute Gasteiger partial charge is 0.339 e. The van der Waals surface area contributed by atoms with E-state index in [1.54, 1.807) is 0 Å². The van der Waals surface area contributed by atoms with E-state index in [2.05, 4.69) is 10.1 Å². The van der Waals surface area contributed by atoms with Gasteiger partial charge in [-0.25, -0.2) is 0 Å². The Morgan fingerprint density at radius 3 is 2.80 bits per heavy atom. The molecule has 2 heterocycles. The molecule has 0 fully saturated rings. The summed E-state index contributed by atoms with van der Waals surface area (Å²) in [7, 11) is 0. The van der Waals surface area contributed by atoms with Gasteiger partial charge >= 0.3 is 0 Å². The Kier molecular flexibility index (Phi) is 3.56. The van der Waals surface area contributed by atoms with Gasteiger partial charge in [0.1, 0.15) is 5.69 Å². The summed E-state index contributed by atoms with van der Waals surface area (Å²) in [4.78, 5) is 4.36. The van der Waals surface area contributed by atoms with E-state index in [0.717, 1.165) is 22.7 Å². The van der Waals surface area contributed by atoms with Gasteiger partial charge in [0.2, 0.25) is 0 Å². The lowest BCUT2D eigenvalue weighted by molar-refractivity contribution is 0.420. The van der Waals surface area contributed by atoms with Crippen molar-refractivity contribution in [2.75, 3.05) is 0 Å². The van der Waals surface area contributed by atoms with Crippen molar-refractivity contribution in [3.05, 3.63) is 59.0 Å². The number of rotatable bonds is 4. The molecule has 0 unspecified atom stereocenters. The van der Waals surface area contributed by atoms with Crippen LogP contribution in [0.2, 0.25) is 5.02 Å². The van der Waals surface area contributed by atoms with Gasteiger partial charge in [0.25, 0.3) is 5.89 Å². The first-order valence-corrected chi connectivity index (χ1v) is 6.87. The molecule has 0 saturated carbocycles. The van der Waals surface area contributed by atoms with Gasteiger partial charge in [-0.1, -0.05) is 41.9 Å². The second-order valence-electron chi connectivity index (χ2n) is 4.48. The minimum absolute atomic E-state index is 0.541. The summed E-state index contributed by atoms with van der Waals surface area (Å²) in [5.74, 6) is 1.25. The van der Waals surface area contributed by atoms with Crippen LogP contribution < -0.4 is 0 Å². The summed E-state index contributed by atoms with van der Waals surface area (Å²) in [5.41, 5.74) is 1.96. The predicted molar refractivity (Wildman–Crippen MR) is 77.7 cm³/mol. The first-order chi connectivity index (χ1) is 9.78. The second-order valence-corrected chi connectivity index (χ2v) is 4.89. The van der Waals surface area contributed by atoms with Crippen LogP contribution in [0, 0.1) is 0 Å². The fourth-order valence-corrected chi connectivity index (χ4v) is 2.25. The Balaban J connectivity index is 1.92. The van der Waals surface area contributed by atoms with Gasteiger partial charge in [-0.3, -0.25) is 0 Å². The summed E-state index contributed by atoms with van der Waals surface area (Å²) in [5, 5.41) is 4.69. The predicted octanol–water partition coefficient (Wildman–Crippen LogP) is 3.80. The molecule has 0 amide bonds. The maximum atomic E-state index is 6.20. The topological polar surface area (TPSA) is 43.9 Å².